The van der Waals surface area contributed by atoms with Crippen molar-refractivity contribution in [2.24, 2.45) is 29.1 Å². The number of nitrogens with zero attached hydrogens (tertiary/aromatic N) is 2. The Balaban J connectivity index is 1.35. The highest BCUT2D eigenvalue weighted by Crippen LogP contribution is 2.64. The molecule has 2 heterocycles. The van der Waals surface area contributed by atoms with Gasteiger partial charge in [0, 0.05) is 5.92 Å². The number of hydrogen-bond donors (Lipinski definition) is 1. The topological polar surface area (TPSA) is 95.0 Å². The Bertz CT molecular complexity index is 1890. The first-order valence-corrected chi connectivity index (χ1v) is 15.1. The van der Waals surface area contributed by atoms with Crippen molar-refractivity contribution in [2.75, 3.05) is 9.80 Å². The van der Waals surface area contributed by atoms with Crippen LogP contribution in [-0.2, 0) is 31.5 Å². The molecule has 3 aromatic rings. The third-order valence-corrected chi connectivity index (χ3v) is 10.3. The van der Waals surface area contributed by atoms with E-state index in [4.69, 9.17) is 0 Å². The highest BCUT2D eigenvalue weighted by molar-refractivity contribution is 6.25. The molecule has 2 aliphatic carbocycles. The van der Waals surface area contributed by atoms with Crippen LogP contribution in [-0.4, -0.2) is 28.7 Å². The molecule has 4 amide bonds. The molecule has 48 heavy (non-hydrogen) atoms. The fourth-order valence-electron chi connectivity index (χ4n) is 8.25. The number of phenolic OH excluding ortho intramolecular Hbond substituents is 1. The van der Waals surface area contributed by atoms with Gasteiger partial charge in [-0.05, 0) is 73.7 Å². The number of benzene rings is 3. The Labute approximate surface area is 269 Å². The lowest BCUT2D eigenvalue weighted by Gasteiger charge is -2.49. The number of imide groups is 2. The number of carbonyl (C=O) groups is 4. The van der Waals surface area contributed by atoms with Crippen LogP contribution in [0.25, 0.3) is 0 Å². The summed E-state index contributed by atoms with van der Waals surface area (Å²) >= 11 is 0. The highest BCUT2D eigenvalue weighted by Gasteiger charge is 2.67. The summed E-state index contributed by atoms with van der Waals surface area (Å²) in [7, 11) is 0. The standard InChI is InChI=1S/C35H26F6N2O5/c1-33-26(30(46)43(32(33)48)20-7-3-2-4-8-20)16-25-23(28(33)17-6-5-9-22(44)12-17)10-11-24-27(25)31(47)42(29(24)45)21-14-18(34(36,37)38)13-19(15-21)35(39,40)41/h2-10,12-15,24-28,44H,11,16H2,1H3. The summed E-state index contributed by atoms with van der Waals surface area (Å²) in [5.41, 5.74) is -4.25. The van der Waals surface area contributed by atoms with Crippen molar-refractivity contribution in [3.05, 3.63) is 101 Å². The van der Waals surface area contributed by atoms with Crippen LogP contribution in [0.5, 0.6) is 5.75 Å². The number of amides is 4. The number of alkyl halides is 6. The molecule has 7 rings (SSSR count). The third-order valence-electron chi connectivity index (χ3n) is 10.3. The molecule has 6 unspecified atom stereocenters. The van der Waals surface area contributed by atoms with Gasteiger partial charge in [0.1, 0.15) is 5.75 Å². The van der Waals surface area contributed by atoms with Gasteiger partial charge in [-0.15, -0.1) is 0 Å². The Morgan fingerprint density at radius 2 is 1.38 bits per heavy atom. The van der Waals surface area contributed by atoms with Gasteiger partial charge in [0.2, 0.25) is 23.6 Å². The molecule has 6 atom stereocenters. The lowest BCUT2D eigenvalue weighted by molar-refractivity contribution is -0.143. The predicted molar refractivity (Wildman–Crippen MR) is 158 cm³/mol. The maximum absolute atomic E-state index is 14.3. The van der Waals surface area contributed by atoms with E-state index in [2.05, 4.69) is 0 Å². The Kier molecular flexibility index (Phi) is 6.94. The second kappa shape index (κ2) is 10.5. The van der Waals surface area contributed by atoms with E-state index in [0.29, 0.717) is 33.9 Å². The van der Waals surface area contributed by atoms with Crippen LogP contribution in [0.15, 0.2) is 84.4 Å². The number of para-hydroxylation sites is 1. The van der Waals surface area contributed by atoms with Gasteiger partial charge in [-0.3, -0.25) is 19.2 Å². The number of hydrogen-bond acceptors (Lipinski definition) is 5. The van der Waals surface area contributed by atoms with Gasteiger partial charge >= 0.3 is 12.4 Å². The van der Waals surface area contributed by atoms with Crippen molar-refractivity contribution in [3.63, 3.8) is 0 Å². The molecule has 0 radical (unpaired) electrons. The van der Waals surface area contributed by atoms with Gasteiger partial charge in [-0.1, -0.05) is 42.0 Å². The Morgan fingerprint density at radius 3 is 1.98 bits per heavy atom. The molecule has 3 aromatic carbocycles. The summed E-state index contributed by atoms with van der Waals surface area (Å²) in [6.07, 6.45) is -8.87. The Morgan fingerprint density at radius 1 is 0.729 bits per heavy atom. The smallest absolute Gasteiger partial charge is 0.416 e. The average Bonchev–Trinajstić information content (AvgIpc) is 3.39. The molecule has 0 spiro atoms. The quantitative estimate of drug-likeness (QED) is 0.187. The number of allylic oxidation sites excluding steroid dienone is 2. The second-order valence-corrected chi connectivity index (χ2v) is 12.9. The van der Waals surface area contributed by atoms with Crippen LogP contribution >= 0.6 is 0 Å². The number of aromatic hydroxyl groups is 1. The van der Waals surface area contributed by atoms with E-state index in [0.717, 1.165) is 4.90 Å². The van der Waals surface area contributed by atoms with Crippen LogP contribution in [0, 0.1) is 29.1 Å². The lowest BCUT2D eigenvalue weighted by atomic mass is 9.51. The fourth-order valence-corrected chi connectivity index (χ4v) is 8.25. The monoisotopic (exact) mass is 668 g/mol. The van der Waals surface area contributed by atoms with Crippen molar-refractivity contribution < 1.29 is 50.6 Å². The molecule has 7 nitrogen and oxygen atoms in total. The molecule has 1 saturated carbocycles. The SMILES string of the molecule is CC12C(=O)N(c3ccccc3)C(=O)C1CC1C(=CCC3C(=O)N(c4cc(C(F)(F)F)cc(C(F)(F)F)c4)C(=O)C31)C2c1cccc(O)c1. The minimum Gasteiger partial charge on any atom is -0.508 e. The van der Waals surface area contributed by atoms with E-state index in [1.807, 2.05) is 0 Å². The van der Waals surface area contributed by atoms with Crippen LogP contribution in [0.2, 0.25) is 0 Å². The summed E-state index contributed by atoms with van der Waals surface area (Å²) in [4.78, 5) is 57.8. The van der Waals surface area contributed by atoms with Gasteiger partial charge in [-0.2, -0.15) is 26.3 Å². The number of halogens is 6. The number of carbonyl (C=O) groups excluding carboxylic acids is 4. The molecular formula is C35H26F6N2O5. The normalized spacial score (nSPS) is 28.7. The van der Waals surface area contributed by atoms with Gasteiger partial charge in [0.05, 0.1) is 45.7 Å². The predicted octanol–water partition coefficient (Wildman–Crippen LogP) is 6.87. The van der Waals surface area contributed by atoms with E-state index in [1.54, 1.807) is 55.5 Å². The Hall–Kier alpha value is -4.94. The molecule has 2 aliphatic heterocycles. The largest absolute Gasteiger partial charge is 0.508 e. The van der Waals surface area contributed by atoms with Gasteiger partial charge in [0.15, 0.2) is 0 Å². The van der Waals surface area contributed by atoms with Gasteiger partial charge < -0.3 is 5.11 Å². The zero-order chi connectivity index (χ0) is 34.5. The third kappa shape index (κ3) is 4.57. The minimum atomic E-state index is -5.20. The summed E-state index contributed by atoms with van der Waals surface area (Å²) < 4.78 is 82.2. The van der Waals surface area contributed by atoms with Gasteiger partial charge in [-0.25, -0.2) is 9.80 Å². The number of anilines is 2. The van der Waals surface area contributed by atoms with Crippen molar-refractivity contribution in [2.45, 2.75) is 38.0 Å². The first-order chi connectivity index (χ1) is 22.5. The molecule has 4 aliphatic rings. The number of phenols is 1. The highest BCUT2D eigenvalue weighted by atomic mass is 19.4. The van der Waals surface area contributed by atoms with Crippen LogP contribution < -0.4 is 9.80 Å². The zero-order valence-electron chi connectivity index (χ0n) is 25.0. The molecule has 13 heteroatoms. The van der Waals surface area contributed by atoms with Crippen LogP contribution in [0.3, 0.4) is 0 Å². The van der Waals surface area contributed by atoms with Gasteiger partial charge in [0.25, 0.3) is 0 Å². The number of rotatable bonds is 3. The summed E-state index contributed by atoms with van der Waals surface area (Å²) in [5.74, 6) is -8.18. The fraction of sp³-hybridized carbons (Fsp3) is 0.314. The zero-order valence-corrected chi connectivity index (χ0v) is 25.0. The van der Waals surface area contributed by atoms with E-state index in [1.165, 1.54) is 12.1 Å². The van der Waals surface area contributed by atoms with E-state index in [-0.39, 0.29) is 24.7 Å². The van der Waals surface area contributed by atoms with E-state index >= 15 is 0 Å². The molecular weight excluding hydrogens is 642 g/mol. The molecule has 2 saturated heterocycles. The van der Waals surface area contributed by atoms with Crippen molar-refractivity contribution >= 4 is 35.0 Å². The summed E-state index contributed by atoms with van der Waals surface area (Å²) in [5, 5.41) is 10.4. The first kappa shape index (κ1) is 31.6. The van der Waals surface area contributed by atoms with E-state index < -0.39 is 87.8 Å². The second-order valence-electron chi connectivity index (χ2n) is 12.9. The summed E-state index contributed by atoms with van der Waals surface area (Å²) in [6, 6.07) is 15.0. The van der Waals surface area contributed by atoms with Crippen LogP contribution in [0.4, 0.5) is 37.7 Å². The maximum atomic E-state index is 14.3. The molecule has 3 fully saturated rings. The van der Waals surface area contributed by atoms with Crippen molar-refractivity contribution in [3.8, 4) is 5.75 Å². The molecule has 0 aromatic heterocycles. The minimum absolute atomic E-state index is 0.0734. The van der Waals surface area contributed by atoms with Crippen molar-refractivity contribution in [1.82, 2.24) is 0 Å². The van der Waals surface area contributed by atoms with Crippen LogP contribution in [0.1, 0.15) is 42.4 Å². The first-order valence-electron chi connectivity index (χ1n) is 15.1. The number of fused-ring (bicyclic) bond motifs is 4. The molecule has 248 valence electrons. The van der Waals surface area contributed by atoms with Crippen molar-refractivity contribution in [1.29, 1.82) is 0 Å². The van der Waals surface area contributed by atoms with E-state index in [9.17, 15) is 50.6 Å². The summed E-state index contributed by atoms with van der Waals surface area (Å²) in [6.45, 7) is 1.65. The molecule has 0 bridgehead atoms. The lowest BCUT2D eigenvalue weighted by Crippen LogP contribution is -2.48. The average molecular weight is 669 g/mol. The molecule has 1 N–H and O–H groups in total. The maximum Gasteiger partial charge on any atom is 0.416 e.